The monoisotopic (exact) mass is 200 g/mol. The fourth-order valence-corrected chi connectivity index (χ4v) is 1.73. The zero-order chi connectivity index (χ0) is 10.4. The van der Waals surface area contributed by atoms with Gasteiger partial charge in [0, 0.05) is 32.6 Å². The van der Waals surface area contributed by atoms with Gasteiger partial charge in [-0.1, -0.05) is 6.42 Å². The van der Waals surface area contributed by atoms with E-state index in [9.17, 15) is 4.79 Å². The van der Waals surface area contributed by atoms with E-state index in [1.54, 1.807) is 0 Å². The van der Waals surface area contributed by atoms with Gasteiger partial charge in [0.25, 0.3) is 0 Å². The number of nitrogens with zero attached hydrogens (tertiary/aromatic N) is 1. The smallest absolute Gasteiger partial charge is 0.216 e. The molecule has 1 amide bonds. The van der Waals surface area contributed by atoms with E-state index in [0.717, 1.165) is 13.1 Å². The van der Waals surface area contributed by atoms with E-state index in [2.05, 4.69) is 10.2 Å². The van der Waals surface area contributed by atoms with Crippen molar-refractivity contribution in [2.45, 2.75) is 32.2 Å². The molecule has 0 aliphatic heterocycles. The van der Waals surface area contributed by atoms with Crippen LogP contribution in [0.2, 0.25) is 0 Å². The summed E-state index contributed by atoms with van der Waals surface area (Å²) in [6.45, 7) is 4.00. The van der Waals surface area contributed by atoms with Crippen LogP contribution in [-0.4, -0.2) is 48.2 Å². The van der Waals surface area contributed by atoms with Gasteiger partial charge >= 0.3 is 0 Å². The minimum atomic E-state index is 0.0163. The van der Waals surface area contributed by atoms with Crippen molar-refractivity contribution < 1.29 is 9.90 Å². The van der Waals surface area contributed by atoms with Crippen molar-refractivity contribution in [1.29, 1.82) is 0 Å². The fraction of sp³-hybridized carbons (Fsp3) is 0.900. The predicted octanol–water partition coefficient (Wildman–Crippen LogP) is -0.0307. The molecule has 0 spiro atoms. The Bertz CT molecular complexity index is 181. The van der Waals surface area contributed by atoms with Gasteiger partial charge in [-0.05, 0) is 12.8 Å². The molecule has 1 aliphatic rings. The van der Waals surface area contributed by atoms with Gasteiger partial charge in [0.15, 0.2) is 0 Å². The zero-order valence-electron chi connectivity index (χ0n) is 8.83. The number of hydrogen-bond acceptors (Lipinski definition) is 3. The van der Waals surface area contributed by atoms with Crippen LogP contribution in [0.1, 0.15) is 26.2 Å². The van der Waals surface area contributed by atoms with E-state index in [-0.39, 0.29) is 12.5 Å². The Morgan fingerprint density at radius 1 is 1.50 bits per heavy atom. The van der Waals surface area contributed by atoms with Crippen LogP contribution in [-0.2, 0) is 4.79 Å². The van der Waals surface area contributed by atoms with E-state index in [1.165, 1.54) is 26.2 Å². The summed E-state index contributed by atoms with van der Waals surface area (Å²) in [4.78, 5) is 12.9. The molecule has 1 fully saturated rings. The van der Waals surface area contributed by atoms with Crippen LogP contribution in [0.25, 0.3) is 0 Å². The summed E-state index contributed by atoms with van der Waals surface area (Å²) in [5.41, 5.74) is 0. The maximum atomic E-state index is 10.7. The predicted molar refractivity (Wildman–Crippen MR) is 55.0 cm³/mol. The number of rotatable bonds is 6. The molecule has 0 saturated heterocycles. The van der Waals surface area contributed by atoms with Gasteiger partial charge in [0.2, 0.25) is 5.91 Å². The Balaban J connectivity index is 2.17. The number of amides is 1. The zero-order valence-corrected chi connectivity index (χ0v) is 8.83. The van der Waals surface area contributed by atoms with E-state index >= 15 is 0 Å². The van der Waals surface area contributed by atoms with Crippen molar-refractivity contribution in [3.8, 4) is 0 Å². The average Bonchev–Trinajstić information content (AvgIpc) is 2.00. The Labute approximate surface area is 85.3 Å². The normalized spacial score (nSPS) is 16.8. The van der Waals surface area contributed by atoms with Crippen LogP contribution in [0.4, 0.5) is 0 Å². The molecule has 0 bridgehead atoms. The number of aliphatic hydroxyl groups excluding tert-OH is 1. The first-order chi connectivity index (χ1) is 6.74. The van der Waals surface area contributed by atoms with E-state index in [4.69, 9.17) is 5.11 Å². The Kier molecular flexibility index (Phi) is 4.90. The standard InChI is InChI=1S/C10H20N2O2/c1-9(14)11-5-6-12(7-8-13)10-3-2-4-10/h10,13H,2-8H2,1H3,(H,11,14). The molecule has 1 aliphatic carbocycles. The fourth-order valence-electron chi connectivity index (χ4n) is 1.73. The maximum Gasteiger partial charge on any atom is 0.216 e. The molecular weight excluding hydrogens is 180 g/mol. The molecular formula is C10H20N2O2. The van der Waals surface area contributed by atoms with Gasteiger partial charge in [0.1, 0.15) is 0 Å². The molecule has 0 atom stereocenters. The Morgan fingerprint density at radius 3 is 2.64 bits per heavy atom. The van der Waals surface area contributed by atoms with Crippen molar-refractivity contribution in [3.05, 3.63) is 0 Å². The first-order valence-corrected chi connectivity index (χ1v) is 5.33. The van der Waals surface area contributed by atoms with Crippen molar-refractivity contribution in [2.24, 2.45) is 0 Å². The number of hydrogen-bond donors (Lipinski definition) is 2. The van der Waals surface area contributed by atoms with Crippen molar-refractivity contribution in [3.63, 3.8) is 0 Å². The first kappa shape index (κ1) is 11.5. The number of carbonyl (C=O) groups is 1. The van der Waals surface area contributed by atoms with E-state index < -0.39 is 0 Å². The third-order valence-electron chi connectivity index (χ3n) is 2.75. The topological polar surface area (TPSA) is 52.6 Å². The molecule has 0 unspecified atom stereocenters. The molecule has 0 radical (unpaired) electrons. The van der Waals surface area contributed by atoms with Crippen LogP contribution in [0.15, 0.2) is 0 Å². The van der Waals surface area contributed by atoms with Gasteiger partial charge in [-0.25, -0.2) is 0 Å². The van der Waals surface area contributed by atoms with Gasteiger partial charge in [-0.2, -0.15) is 0 Å². The number of nitrogens with one attached hydrogen (secondary N) is 1. The van der Waals surface area contributed by atoms with Crippen LogP contribution < -0.4 is 5.32 Å². The average molecular weight is 200 g/mol. The van der Waals surface area contributed by atoms with Gasteiger partial charge in [-0.3, -0.25) is 9.69 Å². The van der Waals surface area contributed by atoms with Gasteiger partial charge in [-0.15, -0.1) is 0 Å². The Morgan fingerprint density at radius 2 is 2.21 bits per heavy atom. The molecule has 14 heavy (non-hydrogen) atoms. The number of carbonyl (C=O) groups excluding carboxylic acids is 1. The molecule has 1 rings (SSSR count). The lowest BCUT2D eigenvalue weighted by molar-refractivity contribution is -0.119. The number of aliphatic hydroxyl groups is 1. The largest absolute Gasteiger partial charge is 0.395 e. The van der Waals surface area contributed by atoms with E-state index in [0.29, 0.717) is 12.6 Å². The third kappa shape index (κ3) is 3.64. The highest BCUT2D eigenvalue weighted by Gasteiger charge is 2.23. The van der Waals surface area contributed by atoms with Crippen molar-refractivity contribution >= 4 is 5.91 Å². The second kappa shape index (κ2) is 5.98. The summed E-state index contributed by atoms with van der Waals surface area (Å²) < 4.78 is 0. The summed E-state index contributed by atoms with van der Waals surface area (Å²) >= 11 is 0. The molecule has 82 valence electrons. The molecule has 1 saturated carbocycles. The van der Waals surface area contributed by atoms with Crippen molar-refractivity contribution in [2.75, 3.05) is 26.2 Å². The molecule has 0 aromatic heterocycles. The summed E-state index contributed by atoms with van der Waals surface area (Å²) in [7, 11) is 0. The molecule has 0 aromatic rings. The van der Waals surface area contributed by atoms with Crippen molar-refractivity contribution in [1.82, 2.24) is 10.2 Å². The first-order valence-electron chi connectivity index (χ1n) is 5.33. The summed E-state index contributed by atoms with van der Waals surface area (Å²) in [5, 5.41) is 11.7. The molecule has 0 aromatic carbocycles. The lowest BCUT2D eigenvalue weighted by atomic mass is 9.91. The van der Waals surface area contributed by atoms with Gasteiger partial charge < -0.3 is 10.4 Å². The maximum absolute atomic E-state index is 10.7. The molecule has 0 heterocycles. The Hall–Kier alpha value is -0.610. The van der Waals surface area contributed by atoms with E-state index in [1.807, 2.05) is 0 Å². The highest BCUT2D eigenvalue weighted by Crippen LogP contribution is 2.23. The highest BCUT2D eigenvalue weighted by molar-refractivity contribution is 5.72. The second-order valence-corrected chi connectivity index (χ2v) is 3.83. The third-order valence-corrected chi connectivity index (χ3v) is 2.75. The summed E-state index contributed by atoms with van der Waals surface area (Å²) in [6.07, 6.45) is 3.77. The van der Waals surface area contributed by atoms with Crippen LogP contribution in [0.3, 0.4) is 0 Å². The summed E-state index contributed by atoms with van der Waals surface area (Å²) in [5.74, 6) is 0.0163. The lowest BCUT2D eigenvalue weighted by Gasteiger charge is -2.37. The minimum absolute atomic E-state index is 0.0163. The van der Waals surface area contributed by atoms with Crippen LogP contribution in [0.5, 0.6) is 0 Å². The molecule has 4 heteroatoms. The van der Waals surface area contributed by atoms with Crippen LogP contribution >= 0.6 is 0 Å². The van der Waals surface area contributed by atoms with Crippen LogP contribution in [0, 0.1) is 0 Å². The minimum Gasteiger partial charge on any atom is -0.395 e. The SMILES string of the molecule is CC(=O)NCCN(CCO)C1CCC1. The summed E-state index contributed by atoms with van der Waals surface area (Å²) in [6, 6.07) is 0.635. The highest BCUT2D eigenvalue weighted by atomic mass is 16.3. The lowest BCUT2D eigenvalue weighted by Crippen LogP contribution is -2.45. The van der Waals surface area contributed by atoms with Gasteiger partial charge in [0.05, 0.1) is 6.61 Å². The molecule has 4 nitrogen and oxygen atoms in total. The molecule has 2 N–H and O–H groups in total. The second-order valence-electron chi connectivity index (χ2n) is 3.83. The quantitative estimate of drug-likeness (QED) is 0.633.